The second kappa shape index (κ2) is 11.1. The maximum atomic E-state index is 13.6. The molecule has 0 spiro atoms. The Morgan fingerprint density at radius 3 is 2.69 bits per heavy atom. The number of aromatic amines is 1. The van der Waals surface area contributed by atoms with Gasteiger partial charge in [-0.1, -0.05) is 24.3 Å². The lowest BCUT2D eigenvalue weighted by molar-refractivity contribution is 0.0512. The van der Waals surface area contributed by atoms with E-state index in [9.17, 15) is 4.39 Å². The normalized spacial score (nSPS) is 15.9. The molecule has 0 aliphatic carbocycles. The van der Waals surface area contributed by atoms with Gasteiger partial charge in [-0.15, -0.1) is 24.0 Å². The third-order valence-corrected chi connectivity index (χ3v) is 6.40. The number of aryl methyl sites for hydroxylation is 1. The number of fused-ring (bicyclic) bond motifs is 1. The van der Waals surface area contributed by atoms with Crippen LogP contribution in [-0.4, -0.2) is 44.3 Å². The Kier molecular flexibility index (Phi) is 8.53. The first kappa shape index (κ1) is 24.5. The number of hydrogen-bond acceptors (Lipinski definition) is 2. The first-order chi connectivity index (χ1) is 15.1. The van der Waals surface area contributed by atoms with Gasteiger partial charge in [-0.3, -0.25) is 4.99 Å². The highest BCUT2D eigenvalue weighted by Gasteiger charge is 2.35. The molecule has 1 aliphatic heterocycles. The summed E-state index contributed by atoms with van der Waals surface area (Å²) >= 11 is 0. The van der Waals surface area contributed by atoms with E-state index in [1.807, 2.05) is 6.20 Å². The summed E-state index contributed by atoms with van der Waals surface area (Å²) < 4.78 is 19.3. The average Bonchev–Trinajstić information content (AvgIpc) is 3.19. The van der Waals surface area contributed by atoms with E-state index in [4.69, 9.17) is 4.74 Å². The van der Waals surface area contributed by atoms with E-state index in [2.05, 4.69) is 51.8 Å². The fourth-order valence-electron chi connectivity index (χ4n) is 4.62. The summed E-state index contributed by atoms with van der Waals surface area (Å²) in [6, 6.07) is 13.5. The average molecular weight is 550 g/mol. The van der Waals surface area contributed by atoms with E-state index in [1.165, 1.54) is 17.2 Å². The fraction of sp³-hybridized carbons (Fsp3) is 0.400. The zero-order valence-corrected chi connectivity index (χ0v) is 21.0. The summed E-state index contributed by atoms with van der Waals surface area (Å²) in [5, 5.41) is 7.89. The SMILES string of the molecule is CN=C(NCCc1c[nH]c2ccc(F)cc12)NCC1(c2ccccc2C)CCOCC1.I. The van der Waals surface area contributed by atoms with Gasteiger partial charge in [0.15, 0.2) is 5.96 Å². The molecule has 0 atom stereocenters. The van der Waals surface area contributed by atoms with E-state index in [-0.39, 0.29) is 35.2 Å². The third-order valence-electron chi connectivity index (χ3n) is 6.40. The van der Waals surface area contributed by atoms with Crippen LogP contribution in [0.15, 0.2) is 53.7 Å². The monoisotopic (exact) mass is 550 g/mol. The number of nitrogens with one attached hydrogen (secondary N) is 3. The van der Waals surface area contributed by atoms with Gasteiger partial charge >= 0.3 is 0 Å². The van der Waals surface area contributed by atoms with E-state index in [1.54, 1.807) is 19.2 Å². The van der Waals surface area contributed by atoms with Crippen LogP contribution >= 0.6 is 24.0 Å². The number of aromatic nitrogens is 1. The molecule has 3 N–H and O–H groups in total. The lowest BCUT2D eigenvalue weighted by Crippen LogP contribution is -2.48. The second-order valence-electron chi connectivity index (χ2n) is 8.31. The van der Waals surface area contributed by atoms with Gasteiger partial charge in [0.2, 0.25) is 0 Å². The molecule has 32 heavy (non-hydrogen) atoms. The summed E-state index contributed by atoms with van der Waals surface area (Å²) in [5.74, 6) is 0.572. The van der Waals surface area contributed by atoms with Crippen LogP contribution in [-0.2, 0) is 16.6 Å². The number of rotatable bonds is 6. The van der Waals surface area contributed by atoms with Crippen LogP contribution < -0.4 is 10.6 Å². The quantitative estimate of drug-likeness (QED) is 0.237. The molecular formula is C25H32FIN4O. The van der Waals surface area contributed by atoms with Crippen LogP contribution in [0.25, 0.3) is 10.9 Å². The first-order valence-corrected chi connectivity index (χ1v) is 11.0. The standard InChI is InChI=1S/C25H31FN4O.HI/c1-18-5-3-4-6-22(18)25(10-13-31-14-11-25)17-30-24(27-2)28-12-9-19-16-29-23-8-7-20(26)15-21(19)23;/h3-8,15-16,29H,9-14,17H2,1-2H3,(H2,27,28,30);1H. The maximum Gasteiger partial charge on any atom is 0.191 e. The Hall–Kier alpha value is -2.13. The number of aliphatic imine (C=N–C) groups is 1. The molecule has 4 rings (SSSR count). The Morgan fingerprint density at radius 2 is 1.94 bits per heavy atom. The number of guanidine groups is 1. The van der Waals surface area contributed by atoms with Crippen LogP contribution in [0.3, 0.4) is 0 Å². The van der Waals surface area contributed by atoms with E-state index < -0.39 is 0 Å². The van der Waals surface area contributed by atoms with Gasteiger partial charge in [0.1, 0.15) is 5.82 Å². The molecule has 1 aliphatic rings. The highest BCUT2D eigenvalue weighted by molar-refractivity contribution is 14.0. The Morgan fingerprint density at radius 1 is 1.16 bits per heavy atom. The van der Waals surface area contributed by atoms with Crippen molar-refractivity contribution in [2.24, 2.45) is 4.99 Å². The summed E-state index contributed by atoms with van der Waals surface area (Å²) in [6.45, 7) is 5.25. The van der Waals surface area contributed by atoms with Crippen molar-refractivity contribution in [3.63, 3.8) is 0 Å². The lowest BCUT2D eigenvalue weighted by Gasteiger charge is -2.39. The third kappa shape index (κ3) is 5.43. The fourth-order valence-corrected chi connectivity index (χ4v) is 4.62. The predicted molar refractivity (Wildman–Crippen MR) is 140 cm³/mol. The molecule has 1 saturated heterocycles. The van der Waals surface area contributed by atoms with Crippen LogP contribution in [0, 0.1) is 12.7 Å². The smallest absolute Gasteiger partial charge is 0.191 e. The van der Waals surface area contributed by atoms with Crippen molar-refractivity contribution in [2.75, 3.05) is 33.4 Å². The Bertz CT molecular complexity index is 1060. The molecule has 172 valence electrons. The largest absolute Gasteiger partial charge is 0.381 e. The number of hydrogen-bond donors (Lipinski definition) is 3. The van der Waals surface area contributed by atoms with Gasteiger partial charge in [0, 0.05) is 55.9 Å². The molecule has 3 aromatic rings. The number of halogens is 2. The molecule has 1 aromatic heterocycles. The molecule has 2 aromatic carbocycles. The van der Waals surface area contributed by atoms with Gasteiger partial charge < -0.3 is 20.4 Å². The molecular weight excluding hydrogens is 518 g/mol. The highest BCUT2D eigenvalue weighted by Crippen LogP contribution is 2.36. The van der Waals surface area contributed by atoms with E-state index >= 15 is 0 Å². The van der Waals surface area contributed by atoms with Crippen molar-refractivity contribution in [3.8, 4) is 0 Å². The Balaban J connectivity index is 0.00000289. The van der Waals surface area contributed by atoms with Gasteiger partial charge in [0.25, 0.3) is 0 Å². The van der Waals surface area contributed by atoms with Crippen LogP contribution in [0.1, 0.15) is 29.5 Å². The summed E-state index contributed by atoms with van der Waals surface area (Å²) in [7, 11) is 1.79. The zero-order valence-electron chi connectivity index (χ0n) is 18.7. The van der Waals surface area contributed by atoms with Gasteiger partial charge in [-0.25, -0.2) is 4.39 Å². The van der Waals surface area contributed by atoms with E-state index in [0.717, 1.165) is 61.4 Å². The van der Waals surface area contributed by atoms with Crippen LogP contribution in [0.5, 0.6) is 0 Å². The zero-order chi connectivity index (χ0) is 21.7. The molecule has 0 saturated carbocycles. The van der Waals surface area contributed by atoms with Crippen molar-refractivity contribution in [1.29, 1.82) is 0 Å². The number of ether oxygens (including phenoxy) is 1. The summed E-state index contributed by atoms with van der Waals surface area (Å²) in [4.78, 5) is 7.62. The van der Waals surface area contributed by atoms with Crippen molar-refractivity contribution in [2.45, 2.75) is 31.6 Å². The van der Waals surface area contributed by atoms with Crippen molar-refractivity contribution >= 4 is 40.8 Å². The molecule has 0 unspecified atom stereocenters. The first-order valence-electron chi connectivity index (χ1n) is 11.0. The number of benzene rings is 2. The summed E-state index contributed by atoms with van der Waals surface area (Å²) in [6.07, 6.45) is 4.71. The van der Waals surface area contributed by atoms with Crippen molar-refractivity contribution < 1.29 is 9.13 Å². The minimum Gasteiger partial charge on any atom is -0.381 e. The van der Waals surface area contributed by atoms with Crippen molar-refractivity contribution in [3.05, 3.63) is 71.2 Å². The minimum absolute atomic E-state index is 0. The molecule has 2 heterocycles. The molecule has 7 heteroatoms. The van der Waals surface area contributed by atoms with Gasteiger partial charge in [0.05, 0.1) is 0 Å². The second-order valence-corrected chi connectivity index (χ2v) is 8.31. The van der Waals surface area contributed by atoms with Gasteiger partial charge in [-0.2, -0.15) is 0 Å². The van der Waals surface area contributed by atoms with Crippen LogP contribution in [0.4, 0.5) is 4.39 Å². The molecule has 0 amide bonds. The summed E-state index contributed by atoms with van der Waals surface area (Å²) in [5.41, 5.74) is 4.80. The topological polar surface area (TPSA) is 61.4 Å². The van der Waals surface area contributed by atoms with E-state index in [0.29, 0.717) is 6.54 Å². The lowest BCUT2D eigenvalue weighted by atomic mass is 9.72. The molecule has 5 nitrogen and oxygen atoms in total. The highest BCUT2D eigenvalue weighted by atomic mass is 127. The molecule has 0 bridgehead atoms. The number of H-pyrrole nitrogens is 1. The minimum atomic E-state index is -0.211. The Labute approximate surface area is 206 Å². The molecule has 0 radical (unpaired) electrons. The number of nitrogens with zero attached hydrogens (tertiary/aromatic N) is 1. The molecule has 1 fully saturated rings. The van der Waals surface area contributed by atoms with Crippen molar-refractivity contribution in [1.82, 2.24) is 15.6 Å². The van der Waals surface area contributed by atoms with Crippen LogP contribution in [0.2, 0.25) is 0 Å². The maximum absolute atomic E-state index is 13.6. The predicted octanol–water partition coefficient (Wildman–Crippen LogP) is 4.69. The van der Waals surface area contributed by atoms with Gasteiger partial charge in [-0.05, 0) is 61.1 Å².